The van der Waals surface area contributed by atoms with Crippen molar-refractivity contribution in [2.75, 3.05) is 11.9 Å². The molecule has 2 aromatic carbocycles. The molecule has 0 amide bonds. The first-order valence-electron chi connectivity index (χ1n) is 7.75. The predicted molar refractivity (Wildman–Crippen MR) is 96.5 cm³/mol. The van der Waals surface area contributed by atoms with E-state index in [9.17, 15) is 0 Å². The van der Waals surface area contributed by atoms with Crippen LogP contribution in [0.4, 0.5) is 5.69 Å². The third-order valence-electron chi connectivity index (χ3n) is 4.47. The monoisotopic (exact) mass is 314 g/mol. The van der Waals surface area contributed by atoms with Crippen LogP contribution in [0, 0.1) is 20.1 Å². The third-order valence-corrected chi connectivity index (χ3v) is 4.47. The summed E-state index contributed by atoms with van der Waals surface area (Å²) in [6, 6.07) is 16.5. The van der Waals surface area contributed by atoms with Gasteiger partial charge in [0.15, 0.2) is 0 Å². The fourth-order valence-corrected chi connectivity index (χ4v) is 3.08. The molecule has 0 spiro atoms. The van der Waals surface area contributed by atoms with Gasteiger partial charge in [-0.05, 0) is 35.7 Å². The Morgan fingerprint density at radius 3 is 2.17 bits per heavy atom. The number of hydrogen-bond donors (Lipinski definition) is 0. The normalized spacial score (nSPS) is 17.0. The molecule has 3 rings (SSSR count). The van der Waals surface area contributed by atoms with Crippen molar-refractivity contribution in [1.29, 1.82) is 0 Å². The minimum Gasteiger partial charge on any atom is -0.374 e. The van der Waals surface area contributed by atoms with Gasteiger partial charge in [0.1, 0.15) is 5.69 Å². The highest BCUT2D eigenvalue weighted by Gasteiger charge is 2.39. The highest BCUT2D eigenvalue weighted by atomic mass is 15.5. The van der Waals surface area contributed by atoms with Crippen molar-refractivity contribution in [2.45, 2.75) is 20.0 Å². The highest BCUT2D eigenvalue weighted by Crippen LogP contribution is 2.37. The Morgan fingerprint density at radius 1 is 0.917 bits per heavy atom. The van der Waals surface area contributed by atoms with Gasteiger partial charge in [-0.3, -0.25) is 4.90 Å². The van der Waals surface area contributed by atoms with Crippen LogP contribution >= 0.6 is 0 Å². The van der Waals surface area contributed by atoms with Crippen molar-refractivity contribution in [3.63, 3.8) is 0 Å². The largest absolute Gasteiger partial charge is 0.374 e. The minimum atomic E-state index is -0.0560. The molecule has 1 heterocycles. The molecule has 0 unspecified atom stereocenters. The molecule has 4 nitrogen and oxygen atoms in total. The molecule has 0 radical (unpaired) electrons. The molecule has 0 aromatic heterocycles. The van der Waals surface area contributed by atoms with Crippen LogP contribution in [-0.4, -0.2) is 18.1 Å². The number of aryl methyl sites for hydroxylation is 1. The molecule has 0 fully saturated rings. The standard InChI is InChI=1S/C20H18N4/c1-14-13-17(16-9-7-6-8-10-16)11-12-18(14)24-15(2)23(5)19(21-3)20(24)22-4/h6-13,15H,1-2,5H3/t15-/m0/s1. The summed E-state index contributed by atoms with van der Waals surface area (Å²) in [5.74, 6) is 0.805. The predicted octanol–water partition coefficient (Wildman–Crippen LogP) is 4.73. The maximum atomic E-state index is 7.50. The van der Waals surface area contributed by atoms with Crippen molar-refractivity contribution in [3.8, 4) is 11.1 Å². The summed E-state index contributed by atoms with van der Waals surface area (Å²) in [5, 5.41) is 0. The summed E-state index contributed by atoms with van der Waals surface area (Å²) >= 11 is 0. The fraction of sp³-hybridized carbons (Fsp3) is 0.200. The molecule has 4 heteroatoms. The Morgan fingerprint density at radius 2 is 1.58 bits per heavy atom. The van der Waals surface area contributed by atoms with E-state index in [4.69, 9.17) is 13.1 Å². The van der Waals surface area contributed by atoms with Gasteiger partial charge in [-0.1, -0.05) is 49.5 Å². The summed E-state index contributed by atoms with van der Waals surface area (Å²) in [4.78, 5) is 11.0. The van der Waals surface area contributed by atoms with E-state index < -0.39 is 0 Å². The molecule has 1 aliphatic heterocycles. The second-order valence-electron chi connectivity index (χ2n) is 5.85. The lowest BCUT2D eigenvalue weighted by Gasteiger charge is -2.24. The van der Waals surface area contributed by atoms with E-state index in [-0.39, 0.29) is 6.17 Å². The first-order valence-corrected chi connectivity index (χ1v) is 7.75. The van der Waals surface area contributed by atoms with E-state index in [0.29, 0.717) is 11.6 Å². The van der Waals surface area contributed by atoms with Gasteiger partial charge in [-0.2, -0.15) is 0 Å². The van der Waals surface area contributed by atoms with Gasteiger partial charge in [-0.25, -0.2) is 0 Å². The maximum absolute atomic E-state index is 7.50. The lowest BCUT2D eigenvalue weighted by molar-refractivity contribution is 0.364. The Labute approximate surface area is 142 Å². The van der Waals surface area contributed by atoms with E-state index in [0.717, 1.165) is 16.8 Å². The molecule has 0 aliphatic carbocycles. The summed E-state index contributed by atoms with van der Waals surface area (Å²) in [6.07, 6.45) is -0.0560. The van der Waals surface area contributed by atoms with Crippen molar-refractivity contribution < 1.29 is 0 Å². The van der Waals surface area contributed by atoms with Crippen molar-refractivity contribution in [2.24, 2.45) is 0 Å². The van der Waals surface area contributed by atoms with Gasteiger partial charge < -0.3 is 14.6 Å². The van der Waals surface area contributed by atoms with Gasteiger partial charge in [0.25, 0.3) is 5.82 Å². The summed E-state index contributed by atoms with van der Waals surface area (Å²) < 4.78 is 0. The molecular weight excluding hydrogens is 296 g/mol. The molecule has 0 saturated heterocycles. The molecule has 24 heavy (non-hydrogen) atoms. The Balaban J connectivity index is 2.07. The van der Waals surface area contributed by atoms with Crippen LogP contribution in [0.3, 0.4) is 0 Å². The summed E-state index contributed by atoms with van der Waals surface area (Å²) in [7, 11) is 1.86. The molecule has 1 atom stereocenters. The third kappa shape index (κ3) is 2.39. The van der Waals surface area contributed by atoms with Crippen LogP contribution in [0.2, 0.25) is 0 Å². The van der Waals surface area contributed by atoms with E-state index in [2.05, 4.69) is 34.0 Å². The second-order valence-corrected chi connectivity index (χ2v) is 5.85. The first kappa shape index (κ1) is 15.6. The van der Waals surface area contributed by atoms with E-state index in [1.54, 1.807) is 0 Å². The number of rotatable bonds is 2. The zero-order valence-electron chi connectivity index (χ0n) is 14.0. The number of anilines is 1. The highest BCUT2D eigenvalue weighted by molar-refractivity contribution is 5.71. The zero-order valence-corrected chi connectivity index (χ0v) is 14.0. The van der Waals surface area contributed by atoms with Gasteiger partial charge in [-0.15, -0.1) is 0 Å². The van der Waals surface area contributed by atoms with Crippen molar-refractivity contribution in [3.05, 3.63) is 88.6 Å². The maximum Gasteiger partial charge on any atom is 0.253 e. The zero-order chi connectivity index (χ0) is 17.3. The second kappa shape index (κ2) is 6.10. The average Bonchev–Trinajstić information content (AvgIpc) is 2.86. The molecule has 2 aromatic rings. The molecular formula is C20H18N4. The van der Waals surface area contributed by atoms with Gasteiger partial charge in [0.2, 0.25) is 12.0 Å². The molecule has 1 aliphatic rings. The van der Waals surface area contributed by atoms with Crippen LogP contribution in [-0.2, 0) is 0 Å². The van der Waals surface area contributed by atoms with Crippen LogP contribution in [0.1, 0.15) is 12.5 Å². The Bertz CT molecular complexity index is 884. The van der Waals surface area contributed by atoms with E-state index in [1.807, 2.05) is 55.0 Å². The summed E-state index contributed by atoms with van der Waals surface area (Å²) in [6.45, 7) is 18.9. The molecule has 0 N–H and O–H groups in total. The Hall–Kier alpha value is -3.24. The number of nitrogens with zero attached hydrogens (tertiary/aromatic N) is 4. The topological polar surface area (TPSA) is 15.2 Å². The lowest BCUT2D eigenvalue weighted by atomic mass is 10.0. The summed E-state index contributed by atoms with van der Waals surface area (Å²) in [5.41, 5.74) is 4.37. The SMILES string of the molecule is [C-]#[N+]C1=C([N+]#[C-])N(c2ccc(-c3ccccc3)cc2C)[C@@H](C)N1C. The quantitative estimate of drug-likeness (QED) is 0.745. The Kier molecular flexibility index (Phi) is 3.98. The number of benzene rings is 2. The van der Waals surface area contributed by atoms with Crippen LogP contribution in [0.5, 0.6) is 0 Å². The fourth-order valence-electron chi connectivity index (χ4n) is 3.08. The smallest absolute Gasteiger partial charge is 0.253 e. The van der Waals surface area contributed by atoms with Gasteiger partial charge in [0, 0.05) is 6.92 Å². The van der Waals surface area contributed by atoms with Crippen molar-refractivity contribution in [1.82, 2.24) is 4.90 Å². The van der Waals surface area contributed by atoms with Crippen LogP contribution < -0.4 is 4.90 Å². The average molecular weight is 314 g/mol. The van der Waals surface area contributed by atoms with E-state index in [1.165, 1.54) is 5.56 Å². The van der Waals surface area contributed by atoms with E-state index >= 15 is 0 Å². The molecule has 0 saturated carbocycles. The van der Waals surface area contributed by atoms with Gasteiger partial charge in [0.05, 0.1) is 7.05 Å². The molecule has 0 bridgehead atoms. The first-order chi connectivity index (χ1) is 11.6. The molecule has 118 valence electrons. The lowest BCUT2D eigenvalue weighted by Crippen LogP contribution is -2.35. The van der Waals surface area contributed by atoms with Crippen LogP contribution in [0.25, 0.3) is 20.8 Å². The van der Waals surface area contributed by atoms with Crippen LogP contribution in [0.15, 0.2) is 60.2 Å². The minimum absolute atomic E-state index is 0.0560. The van der Waals surface area contributed by atoms with Crippen molar-refractivity contribution >= 4 is 5.69 Å². The number of hydrogen-bond acceptors (Lipinski definition) is 2. The van der Waals surface area contributed by atoms with Gasteiger partial charge >= 0.3 is 0 Å².